The van der Waals surface area contributed by atoms with E-state index in [1.807, 2.05) is 26.0 Å². The van der Waals surface area contributed by atoms with Gasteiger partial charge in [-0.1, -0.05) is 24.6 Å². The second-order valence-corrected chi connectivity index (χ2v) is 7.03. The monoisotopic (exact) mass is 412 g/mol. The largest absolute Gasteiger partial charge is 0.494 e. The Morgan fingerprint density at radius 2 is 1.67 bits per heavy atom. The van der Waals surface area contributed by atoms with Gasteiger partial charge in [-0.15, -0.1) is 0 Å². The van der Waals surface area contributed by atoms with Crippen LogP contribution >= 0.6 is 0 Å². The minimum atomic E-state index is -1.02. The number of esters is 1. The number of hydrogen-bond donors (Lipinski definition) is 1. The summed E-state index contributed by atoms with van der Waals surface area (Å²) in [6.07, 6.45) is -0.134. The molecular formula is C23H28N2O5. The van der Waals surface area contributed by atoms with Gasteiger partial charge in [0.15, 0.2) is 6.10 Å². The smallest absolute Gasteiger partial charge is 0.338 e. The number of benzene rings is 2. The predicted molar refractivity (Wildman–Crippen MR) is 115 cm³/mol. The van der Waals surface area contributed by atoms with E-state index in [9.17, 15) is 14.4 Å². The second-order valence-electron chi connectivity index (χ2n) is 7.03. The molecule has 2 aromatic rings. The molecule has 1 N–H and O–H groups in total. The summed E-state index contributed by atoms with van der Waals surface area (Å²) in [6, 6.07) is 13.9. The molecule has 2 amide bonds. The lowest BCUT2D eigenvalue weighted by Gasteiger charge is -2.21. The summed E-state index contributed by atoms with van der Waals surface area (Å²) in [5, 5.41) is 2.73. The van der Waals surface area contributed by atoms with Gasteiger partial charge in [-0.05, 0) is 56.7 Å². The molecule has 0 aromatic heterocycles. The number of rotatable bonds is 9. The van der Waals surface area contributed by atoms with Crippen molar-refractivity contribution in [1.82, 2.24) is 4.90 Å². The number of likely N-dealkylation sites (N-methyl/N-ethyl adjacent to an activating group) is 1. The van der Waals surface area contributed by atoms with Crippen LogP contribution in [0, 0.1) is 6.92 Å². The van der Waals surface area contributed by atoms with Crippen molar-refractivity contribution in [1.29, 1.82) is 0 Å². The maximum Gasteiger partial charge on any atom is 0.338 e. The maximum absolute atomic E-state index is 12.5. The number of nitrogens with one attached hydrogen (secondary N) is 1. The number of aryl methyl sites for hydroxylation is 1. The molecule has 1 atom stereocenters. The molecule has 160 valence electrons. The van der Waals surface area contributed by atoms with Crippen molar-refractivity contribution in [2.45, 2.75) is 33.3 Å². The van der Waals surface area contributed by atoms with Crippen LogP contribution < -0.4 is 10.1 Å². The average molecular weight is 412 g/mol. The molecule has 2 aromatic carbocycles. The van der Waals surface area contributed by atoms with Crippen molar-refractivity contribution < 1.29 is 23.9 Å². The molecule has 30 heavy (non-hydrogen) atoms. The van der Waals surface area contributed by atoms with Gasteiger partial charge in [-0.25, -0.2) is 4.79 Å². The van der Waals surface area contributed by atoms with Crippen LogP contribution in [0.2, 0.25) is 0 Å². The van der Waals surface area contributed by atoms with Gasteiger partial charge in [0.1, 0.15) is 5.75 Å². The first-order chi connectivity index (χ1) is 14.3. The summed E-state index contributed by atoms with van der Waals surface area (Å²) in [5.41, 5.74) is 2.05. The molecule has 0 unspecified atom stereocenters. The zero-order valence-electron chi connectivity index (χ0n) is 17.8. The fourth-order valence-electron chi connectivity index (χ4n) is 2.63. The van der Waals surface area contributed by atoms with Crippen LogP contribution in [0.1, 0.15) is 36.2 Å². The summed E-state index contributed by atoms with van der Waals surface area (Å²) < 4.78 is 10.7. The van der Waals surface area contributed by atoms with Gasteiger partial charge < -0.3 is 19.7 Å². The van der Waals surface area contributed by atoms with Crippen molar-refractivity contribution in [3.63, 3.8) is 0 Å². The third kappa shape index (κ3) is 6.92. The normalized spacial score (nSPS) is 11.3. The van der Waals surface area contributed by atoms with E-state index in [-0.39, 0.29) is 12.5 Å². The van der Waals surface area contributed by atoms with E-state index in [1.54, 1.807) is 36.4 Å². The quantitative estimate of drug-likeness (QED) is 0.638. The molecule has 0 saturated heterocycles. The molecule has 2 rings (SSSR count). The fourth-order valence-corrected chi connectivity index (χ4v) is 2.63. The first-order valence-electron chi connectivity index (χ1n) is 9.85. The lowest BCUT2D eigenvalue weighted by molar-refractivity contribution is -0.140. The highest BCUT2D eigenvalue weighted by Gasteiger charge is 2.23. The van der Waals surface area contributed by atoms with E-state index in [2.05, 4.69) is 5.32 Å². The van der Waals surface area contributed by atoms with Crippen LogP contribution in [0.5, 0.6) is 5.75 Å². The first kappa shape index (κ1) is 22.9. The minimum Gasteiger partial charge on any atom is -0.494 e. The van der Waals surface area contributed by atoms with Gasteiger partial charge in [-0.3, -0.25) is 9.59 Å². The molecule has 0 spiro atoms. The van der Waals surface area contributed by atoms with Crippen molar-refractivity contribution in [2.75, 3.05) is 25.5 Å². The fraction of sp³-hybridized carbons (Fsp3) is 0.348. The highest BCUT2D eigenvalue weighted by Crippen LogP contribution is 2.14. The van der Waals surface area contributed by atoms with E-state index < -0.39 is 18.0 Å². The number of anilines is 1. The van der Waals surface area contributed by atoms with Crippen LogP contribution in [0.25, 0.3) is 0 Å². The Kier molecular flexibility index (Phi) is 8.41. The van der Waals surface area contributed by atoms with Gasteiger partial charge in [0.25, 0.3) is 5.91 Å². The van der Waals surface area contributed by atoms with Crippen LogP contribution in [0.15, 0.2) is 48.5 Å². The Morgan fingerprint density at radius 1 is 1.03 bits per heavy atom. The highest BCUT2D eigenvalue weighted by atomic mass is 16.5. The molecule has 0 radical (unpaired) electrons. The molecule has 0 heterocycles. The van der Waals surface area contributed by atoms with E-state index in [1.165, 1.54) is 18.9 Å². The lowest BCUT2D eigenvalue weighted by atomic mass is 10.2. The predicted octanol–water partition coefficient (Wildman–Crippen LogP) is 3.43. The zero-order chi connectivity index (χ0) is 22.1. The molecule has 0 saturated carbocycles. The second kappa shape index (κ2) is 11.0. The molecule has 0 aliphatic heterocycles. The van der Waals surface area contributed by atoms with Crippen LogP contribution in [0.3, 0.4) is 0 Å². The van der Waals surface area contributed by atoms with E-state index in [0.29, 0.717) is 23.6 Å². The third-order valence-corrected chi connectivity index (χ3v) is 4.29. The van der Waals surface area contributed by atoms with Gasteiger partial charge in [0.2, 0.25) is 5.91 Å². The summed E-state index contributed by atoms with van der Waals surface area (Å²) >= 11 is 0. The Morgan fingerprint density at radius 3 is 2.27 bits per heavy atom. The Bertz CT molecular complexity index is 862. The number of ether oxygens (including phenoxy) is 2. The highest BCUT2D eigenvalue weighted by molar-refractivity contribution is 5.96. The van der Waals surface area contributed by atoms with Crippen LogP contribution in [-0.4, -0.2) is 49.0 Å². The topological polar surface area (TPSA) is 84.9 Å². The van der Waals surface area contributed by atoms with Crippen molar-refractivity contribution in [2.24, 2.45) is 0 Å². The van der Waals surface area contributed by atoms with Crippen molar-refractivity contribution in [3.05, 3.63) is 59.7 Å². The SMILES string of the molecule is CCCOc1ccc(C(=O)O[C@H](C)C(=O)N(C)CC(=O)Nc2ccc(C)cc2)cc1. The minimum absolute atomic E-state index is 0.155. The molecule has 0 bridgehead atoms. The van der Waals surface area contributed by atoms with E-state index in [0.717, 1.165) is 12.0 Å². The van der Waals surface area contributed by atoms with Gasteiger partial charge in [0.05, 0.1) is 18.7 Å². The first-order valence-corrected chi connectivity index (χ1v) is 9.85. The summed E-state index contributed by atoms with van der Waals surface area (Å²) in [7, 11) is 1.49. The van der Waals surface area contributed by atoms with E-state index in [4.69, 9.17) is 9.47 Å². The van der Waals surface area contributed by atoms with Gasteiger partial charge in [-0.2, -0.15) is 0 Å². The molecule has 0 aliphatic carbocycles. The molecule has 7 heteroatoms. The molecule has 7 nitrogen and oxygen atoms in total. The summed E-state index contributed by atoms with van der Waals surface area (Å²) in [4.78, 5) is 38.1. The van der Waals surface area contributed by atoms with Gasteiger partial charge >= 0.3 is 5.97 Å². The number of hydrogen-bond acceptors (Lipinski definition) is 5. The number of carbonyl (C=O) groups excluding carboxylic acids is 3. The summed E-state index contributed by atoms with van der Waals surface area (Å²) in [6.45, 7) is 5.88. The van der Waals surface area contributed by atoms with Crippen LogP contribution in [0.4, 0.5) is 5.69 Å². The van der Waals surface area contributed by atoms with E-state index >= 15 is 0 Å². The molecular weight excluding hydrogens is 384 g/mol. The Labute approximate surface area is 177 Å². The lowest BCUT2D eigenvalue weighted by Crippen LogP contribution is -2.41. The number of amides is 2. The number of nitrogens with zero attached hydrogens (tertiary/aromatic N) is 1. The zero-order valence-corrected chi connectivity index (χ0v) is 17.8. The van der Waals surface area contributed by atoms with Crippen molar-refractivity contribution >= 4 is 23.5 Å². The van der Waals surface area contributed by atoms with Crippen molar-refractivity contribution in [3.8, 4) is 5.75 Å². The summed E-state index contributed by atoms with van der Waals surface area (Å²) in [5.74, 6) is -0.756. The van der Waals surface area contributed by atoms with Gasteiger partial charge in [0, 0.05) is 12.7 Å². The molecule has 0 aliphatic rings. The third-order valence-electron chi connectivity index (χ3n) is 4.29. The van der Waals surface area contributed by atoms with Crippen LogP contribution in [-0.2, 0) is 14.3 Å². The molecule has 0 fully saturated rings. The number of carbonyl (C=O) groups is 3. The maximum atomic E-state index is 12.5. The standard InChI is InChI=1S/C23H28N2O5/c1-5-14-29-20-12-8-18(9-13-20)23(28)30-17(3)22(27)25(4)15-21(26)24-19-10-6-16(2)7-11-19/h6-13,17H,5,14-15H2,1-4H3,(H,24,26)/t17-/m1/s1. The average Bonchev–Trinajstić information content (AvgIpc) is 2.73. The Balaban J connectivity index is 1.85. The Hall–Kier alpha value is -3.35.